The molecule has 18 heavy (non-hydrogen) atoms. The van der Waals surface area contributed by atoms with Gasteiger partial charge in [-0.3, -0.25) is 16.3 Å². The van der Waals surface area contributed by atoms with Crippen molar-refractivity contribution < 1.29 is 0 Å². The average molecular weight is 241 g/mol. The summed E-state index contributed by atoms with van der Waals surface area (Å²) in [5, 5.41) is 0. The summed E-state index contributed by atoms with van der Waals surface area (Å²) in [6.45, 7) is 4.28. The second-order valence-corrected chi connectivity index (χ2v) is 4.57. The van der Waals surface area contributed by atoms with E-state index in [-0.39, 0.29) is 6.04 Å². The molecule has 0 bridgehead atoms. The molecule has 0 saturated carbocycles. The van der Waals surface area contributed by atoms with E-state index < -0.39 is 0 Å². The van der Waals surface area contributed by atoms with Gasteiger partial charge in [0.15, 0.2) is 0 Å². The molecule has 0 amide bonds. The van der Waals surface area contributed by atoms with Gasteiger partial charge in [-0.15, -0.1) is 0 Å². The number of hydrogen-bond donors (Lipinski definition) is 2. The van der Waals surface area contributed by atoms with Gasteiger partial charge in [0.05, 0.1) is 6.04 Å². The first-order chi connectivity index (χ1) is 8.72. The molecule has 0 spiro atoms. The van der Waals surface area contributed by atoms with Crippen LogP contribution in [0.15, 0.2) is 42.7 Å². The minimum Gasteiger partial charge on any atom is -0.271 e. The molecule has 0 aliphatic carbocycles. The maximum absolute atomic E-state index is 5.68. The zero-order valence-corrected chi connectivity index (χ0v) is 10.9. The van der Waals surface area contributed by atoms with Gasteiger partial charge < -0.3 is 0 Å². The monoisotopic (exact) mass is 241 g/mol. The van der Waals surface area contributed by atoms with E-state index in [4.69, 9.17) is 5.84 Å². The van der Waals surface area contributed by atoms with Gasteiger partial charge in [-0.1, -0.05) is 18.2 Å². The summed E-state index contributed by atoms with van der Waals surface area (Å²) in [5.41, 5.74) is 8.03. The summed E-state index contributed by atoms with van der Waals surface area (Å²) >= 11 is 0. The minimum atomic E-state index is 0.118. The Kier molecular flexibility index (Phi) is 4.07. The molecule has 3 nitrogen and oxygen atoms in total. The highest BCUT2D eigenvalue weighted by atomic mass is 15.2. The zero-order valence-electron chi connectivity index (χ0n) is 10.9. The molecule has 94 valence electrons. The quantitative estimate of drug-likeness (QED) is 0.638. The highest BCUT2D eigenvalue weighted by Crippen LogP contribution is 2.22. The van der Waals surface area contributed by atoms with E-state index >= 15 is 0 Å². The summed E-state index contributed by atoms with van der Waals surface area (Å²) in [6.07, 6.45) is 4.48. The van der Waals surface area contributed by atoms with Gasteiger partial charge in [-0.25, -0.2) is 0 Å². The Morgan fingerprint density at radius 3 is 2.28 bits per heavy atom. The summed E-state index contributed by atoms with van der Waals surface area (Å²) in [7, 11) is 0. The number of hydrogen-bond acceptors (Lipinski definition) is 3. The van der Waals surface area contributed by atoms with E-state index in [0.717, 1.165) is 12.0 Å². The van der Waals surface area contributed by atoms with Crippen molar-refractivity contribution in [3.63, 3.8) is 0 Å². The number of benzene rings is 1. The maximum atomic E-state index is 5.68. The van der Waals surface area contributed by atoms with E-state index in [9.17, 15) is 0 Å². The van der Waals surface area contributed by atoms with E-state index in [2.05, 4.69) is 42.5 Å². The molecule has 0 fully saturated rings. The van der Waals surface area contributed by atoms with Gasteiger partial charge in [-0.2, -0.15) is 0 Å². The third-order valence-electron chi connectivity index (χ3n) is 3.36. The molecule has 3 heteroatoms. The molecule has 0 aliphatic heterocycles. The van der Waals surface area contributed by atoms with E-state index in [1.807, 2.05) is 12.1 Å². The SMILES string of the molecule is Cc1cccc(C)c1CC(NN)c1ccncc1. The Bertz CT molecular complexity index is 488. The first kappa shape index (κ1) is 12.7. The van der Waals surface area contributed by atoms with Gasteiger partial charge >= 0.3 is 0 Å². The number of pyridine rings is 1. The molecular weight excluding hydrogens is 222 g/mol. The fraction of sp³-hybridized carbons (Fsp3) is 0.267. The van der Waals surface area contributed by atoms with Crippen LogP contribution >= 0.6 is 0 Å². The smallest absolute Gasteiger partial charge is 0.0501 e. The molecule has 0 saturated heterocycles. The molecule has 0 radical (unpaired) electrons. The predicted molar refractivity (Wildman–Crippen MR) is 73.9 cm³/mol. The highest BCUT2D eigenvalue weighted by molar-refractivity contribution is 5.35. The number of hydrazine groups is 1. The van der Waals surface area contributed by atoms with Crippen LogP contribution in [0.1, 0.15) is 28.3 Å². The molecular formula is C15H19N3. The third kappa shape index (κ3) is 2.75. The first-order valence-electron chi connectivity index (χ1n) is 6.13. The number of aryl methyl sites for hydroxylation is 2. The average Bonchev–Trinajstić information content (AvgIpc) is 2.40. The fourth-order valence-electron chi connectivity index (χ4n) is 2.24. The Morgan fingerprint density at radius 1 is 1.11 bits per heavy atom. The second-order valence-electron chi connectivity index (χ2n) is 4.57. The van der Waals surface area contributed by atoms with Crippen LogP contribution in [0.25, 0.3) is 0 Å². The molecule has 1 unspecified atom stereocenters. The van der Waals surface area contributed by atoms with Crippen LogP contribution < -0.4 is 11.3 Å². The Labute approximate surface area is 108 Å². The first-order valence-corrected chi connectivity index (χ1v) is 6.13. The van der Waals surface area contributed by atoms with Crippen molar-refractivity contribution in [1.82, 2.24) is 10.4 Å². The lowest BCUT2D eigenvalue weighted by molar-refractivity contribution is 0.549. The Morgan fingerprint density at radius 2 is 1.72 bits per heavy atom. The number of aromatic nitrogens is 1. The molecule has 2 rings (SSSR count). The van der Waals surface area contributed by atoms with Crippen LogP contribution in [0.2, 0.25) is 0 Å². The fourth-order valence-corrected chi connectivity index (χ4v) is 2.24. The molecule has 2 aromatic rings. The van der Waals surface area contributed by atoms with Crippen LogP contribution in [-0.4, -0.2) is 4.98 Å². The normalized spacial score (nSPS) is 12.4. The lowest BCUT2D eigenvalue weighted by Crippen LogP contribution is -2.30. The van der Waals surface area contributed by atoms with Gasteiger partial charge in [-0.05, 0) is 54.7 Å². The van der Waals surface area contributed by atoms with E-state index in [0.29, 0.717) is 0 Å². The van der Waals surface area contributed by atoms with Crippen molar-refractivity contribution in [3.05, 3.63) is 65.0 Å². The Balaban J connectivity index is 2.26. The topological polar surface area (TPSA) is 50.9 Å². The molecule has 1 heterocycles. The van der Waals surface area contributed by atoms with Crippen molar-refractivity contribution in [2.75, 3.05) is 0 Å². The van der Waals surface area contributed by atoms with Crippen molar-refractivity contribution in [2.24, 2.45) is 5.84 Å². The van der Waals surface area contributed by atoms with E-state index in [1.165, 1.54) is 16.7 Å². The van der Waals surface area contributed by atoms with Gasteiger partial charge in [0.2, 0.25) is 0 Å². The van der Waals surface area contributed by atoms with Crippen LogP contribution in [0.3, 0.4) is 0 Å². The lowest BCUT2D eigenvalue weighted by Gasteiger charge is -2.19. The molecule has 1 atom stereocenters. The van der Waals surface area contributed by atoms with Crippen molar-refractivity contribution in [2.45, 2.75) is 26.3 Å². The van der Waals surface area contributed by atoms with Crippen LogP contribution in [-0.2, 0) is 6.42 Å². The summed E-state index contributed by atoms with van der Waals surface area (Å²) < 4.78 is 0. The number of nitrogens with one attached hydrogen (secondary N) is 1. The molecule has 0 aliphatic rings. The zero-order chi connectivity index (χ0) is 13.0. The lowest BCUT2D eigenvalue weighted by atomic mass is 9.94. The minimum absolute atomic E-state index is 0.118. The largest absolute Gasteiger partial charge is 0.271 e. The van der Waals surface area contributed by atoms with Crippen molar-refractivity contribution in [3.8, 4) is 0 Å². The van der Waals surface area contributed by atoms with Crippen LogP contribution in [0.4, 0.5) is 0 Å². The molecule has 1 aromatic carbocycles. The van der Waals surface area contributed by atoms with Gasteiger partial charge in [0.25, 0.3) is 0 Å². The van der Waals surface area contributed by atoms with Crippen molar-refractivity contribution >= 4 is 0 Å². The Hall–Kier alpha value is -1.71. The maximum Gasteiger partial charge on any atom is 0.0501 e. The van der Waals surface area contributed by atoms with Crippen LogP contribution in [0, 0.1) is 13.8 Å². The summed E-state index contributed by atoms with van der Waals surface area (Å²) in [5.74, 6) is 5.68. The predicted octanol–water partition coefficient (Wildman–Crippen LogP) is 2.45. The number of nitrogens with two attached hydrogens (primary N) is 1. The summed E-state index contributed by atoms with van der Waals surface area (Å²) in [6, 6.07) is 10.5. The molecule has 3 N–H and O–H groups in total. The second kappa shape index (κ2) is 5.76. The number of rotatable bonds is 4. The molecule has 1 aromatic heterocycles. The summed E-state index contributed by atoms with van der Waals surface area (Å²) in [4.78, 5) is 4.04. The van der Waals surface area contributed by atoms with Gasteiger partial charge in [0.1, 0.15) is 0 Å². The van der Waals surface area contributed by atoms with Gasteiger partial charge in [0, 0.05) is 12.4 Å². The van der Waals surface area contributed by atoms with Crippen LogP contribution in [0.5, 0.6) is 0 Å². The van der Waals surface area contributed by atoms with Crippen molar-refractivity contribution in [1.29, 1.82) is 0 Å². The van der Waals surface area contributed by atoms with E-state index in [1.54, 1.807) is 12.4 Å². The number of nitrogens with zero attached hydrogens (tertiary/aromatic N) is 1. The highest BCUT2D eigenvalue weighted by Gasteiger charge is 2.13. The third-order valence-corrected chi connectivity index (χ3v) is 3.36. The standard InChI is InChI=1S/C15H19N3/c1-11-4-3-5-12(2)14(11)10-15(18-16)13-6-8-17-9-7-13/h3-9,15,18H,10,16H2,1-2H3.